The molecule has 6 N–H and O–H groups in total. The quantitative estimate of drug-likeness (QED) is 0.100. The van der Waals surface area contributed by atoms with Gasteiger partial charge in [-0.1, -0.05) is 6.92 Å². The number of likely N-dealkylation sites (N-methyl/N-ethyl adjacent to an activating group) is 1. The van der Waals surface area contributed by atoms with Gasteiger partial charge in [-0.2, -0.15) is 0 Å². The lowest BCUT2D eigenvalue weighted by Crippen LogP contribution is -2.49. The maximum Gasteiger partial charge on any atom is 0.317 e. The van der Waals surface area contributed by atoms with Gasteiger partial charge < -0.3 is 31.3 Å². The minimum absolute atomic E-state index is 0.0282. The monoisotopic (exact) mass is 601 g/mol. The van der Waals surface area contributed by atoms with Crippen LogP contribution in [-0.2, 0) is 28.8 Å². The lowest BCUT2D eigenvalue weighted by molar-refractivity contribution is -0.140. The molecule has 0 unspecified atom stereocenters. The first-order chi connectivity index (χ1) is 19.9. The molecule has 42 heavy (non-hydrogen) atoms. The minimum atomic E-state index is -1.02. The van der Waals surface area contributed by atoms with Crippen molar-refractivity contribution in [2.75, 3.05) is 92.1 Å². The summed E-state index contributed by atoms with van der Waals surface area (Å²) in [4.78, 5) is 77.5. The van der Waals surface area contributed by atoms with Crippen LogP contribution in [0.15, 0.2) is 0 Å². The van der Waals surface area contributed by atoms with E-state index in [1.165, 1.54) is 7.05 Å². The molecule has 16 nitrogen and oxygen atoms in total. The molecule has 0 spiro atoms. The van der Waals surface area contributed by atoms with Crippen LogP contribution in [0.25, 0.3) is 0 Å². The van der Waals surface area contributed by atoms with Crippen LogP contribution < -0.4 is 16.0 Å². The lowest BCUT2D eigenvalue weighted by Gasteiger charge is -2.32. The van der Waals surface area contributed by atoms with Crippen LogP contribution in [0.1, 0.15) is 32.6 Å². The fraction of sp³-hybridized carbons (Fsp3) is 0.769. The molecule has 16 heteroatoms. The molecule has 0 aromatic heterocycles. The van der Waals surface area contributed by atoms with Crippen LogP contribution in [0, 0.1) is 0 Å². The largest absolute Gasteiger partial charge is 0.480 e. The molecule has 1 fully saturated rings. The maximum absolute atomic E-state index is 12.7. The van der Waals surface area contributed by atoms with Crippen LogP contribution in [0.4, 0.5) is 0 Å². The van der Waals surface area contributed by atoms with Crippen molar-refractivity contribution in [1.82, 2.24) is 35.6 Å². The number of rotatable bonds is 16. The molecule has 240 valence electrons. The predicted molar refractivity (Wildman–Crippen MR) is 152 cm³/mol. The summed E-state index contributed by atoms with van der Waals surface area (Å²) in [6.45, 7) is 3.93. The average molecular weight is 602 g/mol. The Balaban J connectivity index is 2.75. The maximum atomic E-state index is 12.7. The van der Waals surface area contributed by atoms with Gasteiger partial charge in [-0.15, -0.1) is 0 Å². The molecule has 1 heterocycles. The first kappa shape index (κ1) is 36.7. The number of unbranched alkanes of at least 4 members (excludes halogenated alkanes) is 1. The molecule has 1 atom stereocenters. The second kappa shape index (κ2) is 20.5. The summed E-state index contributed by atoms with van der Waals surface area (Å²) < 4.78 is 0. The van der Waals surface area contributed by atoms with E-state index >= 15 is 0 Å². The van der Waals surface area contributed by atoms with E-state index in [1.54, 1.807) is 21.6 Å². The van der Waals surface area contributed by atoms with E-state index in [0.29, 0.717) is 78.2 Å². The summed E-state index contributed by atoms with van der Waals surface area (Å²) in [5, 5.41) is 36.0. The van der Waals surface area contributed by atoms with Crippen molar-refractivity contribution in [3.05, 3.63) is 0 Å². The summed E-state index contributed by atoms with van der Waals surface area (Å²) in [5.74, 6) is -3.80. The van der Waals surface area contributed by atoms with Crippen molar-refractivity contribution >= 4 is 35.6 Å². The number of amides is 3. The summed E-state index contributed by atoms with van der Waals surface area (Å²) in [6.07, 6.45) is 1.88. The minimum Gasteiger partial charge on any atom is -0.480 e. The van der Waals surface area contributed by atoms with Crippen LogP contribution in [0.2, 0.25) is 0 Å². The van der Waals surface area contributed by atoms with Crippen molar-refractivity contribution in [2.45, 2.75) is 38.6 Å². The SMILES string of the molecule is CCC(=O)N[C@@H](CCCCNC(=O)CN1CCN(CC(=O)O)CCN(CC(=O)O)CCN(CC(=O)O)CC1)C(=O)NC. The third kappa shape index (κ3) is 16.8. The van der Waals surface area contributed by atoms with Crippen molar-refractivity contribution < 1.29 is 44.1 Å². The Bertz CT molecular complexity index is 873. The Morgan fingerprint density at radius 1 is 0.643 bits per heavy atom. The number of hydrogen-bond donors (Lipinski definition) is 6. The summed E-state index contributed by atoms with van der Waals surface area (Å²) >= 11 is 0. The van der Waals surface area contributed by atoms with Gasteiger partial charge >= 0.3 is 17.9 Å². The summed E-state index contributed by atoms with van der Waals surface area (Å²) in [7, 11) is 1.50. The van der Waals surface area contributed by atoms with Gasteiger partial charge in [0.25, 0.3) is 0 Å². The molecule has 0 aliphatic carbocycles. The Morgan fingerprint density at radius 2 is 1.05 bits per heavy atom. The normalized spacial score (nSPS) is 17.3. The van der Waals surface area contributed by atoms with E-state index in [0.717, 1.165) is 0 Å². The van der Waals surface area contributed by atoms with Crippen molar-refractivity contribution in [1.29, 1.82) is 0 Å². The van der Waals surface area contributed by atoms with Crippen molar-refractivity contribution in [3.63, 3.8) is 0 Å². The molecule has 1 aliphatic heterocycles. The van der Waals surface area contributed by atoms with E-state index in [2.05, 4.69) is 16.0 Å². The topological polar surface area (TPSA) is 212 Å². The van der Waals surface area contributed by atoms with Gasteiger partial charge in [0.05, 0.1) is 26.2 Å². The highest BCUT2D eigenvalue weighted by Gasteiger charge is 2.21. The van der Waals surface area contributed by atoms with Gasteiger partial charge in [0.15, 0.2) is 0 Å². The first-order valence-corrected chi connectivity index (χ1v) is 14.3. The number of carbonyl (C=O) groups excluding carboxylic acids is 3. The number of aliphatic carboxylic acids is 3. The molecular weight excluding hydrogens is 554 g/mol. The second-order valence-electron chi connectivity index (χ2n) is 10.2. The number of carboxylic acid groups (broad SMARTS) is 3. The van der Waals surface area contributed by atoms with Gasteiger partial charge in [0.2, 0.25) is 17.7 Å². The third-order valence-corrected chi connectivity index (χ3v) is 6.83. The van der Waals surface area contributed by atoms with Gasteiger partial charge in [0, 0.05) is 72.4 Å². The van der Waals surface area contributed by atoms with Crippen LogP contribution in [-0.4, -0.2) is 169 Å². The Hall–Kier alpha value is -3.34. The Kier molecular flexibility index (Phi) is 17.9. The molecule has 1 saturated heterocycles. The van der Waals surface area contributed by atoms with Crippen LogP contribution in [0.5, 0.6) is 0 Å². The zero-order valence-electron chi connectivity index (χ0n) is 24.7. The van der Waals surface area contributed by atoms with Gasteiger partial charge in [0.1, 0.15) is 6.04 Å². The number of carbonyl (C=O) groups is 6. The molecular formula is C26H47N7O9. The average Bonchev–Trinajstić information content (AvgIpc) is 2.92. The highest BCUT2D eigenvalue weighted by molar-refractivity contribution is 5.87. The molecule has 0 saturated carbocycles. The summed E-state index contributed by atoms with van der Waals surface area (Å²) in [6, 6.07) is -0.640. The van der Waals surface area contributed by atoms with Crippen LogP contribution in [0.3, 0.4) is 0 Å². The Labute approximate surface area is 246 Å². The molecule has 0 aromatic carbocycles. The highest BCUT2D eigenvalue weighted by atomic mass is 16.4. The lowest BCUT2D eigenvalue weighted by atomic mass is 10.1. The van der Waals surface area contributed by atoms with E-state index in [-0.39, 0.29) is 50.3 Å². The van der Waals surface area contributed by atoms with Crippen molar-refractivity contribution in [3.8, 4) is 0 Å². The molecule has 0 bridgehead atoms. The zero-order valence-corrected chi connectivity index (χ0v) is 24.7. The van der Waals surface area contributed by atoms with Gasteiger partial charge in [-0.05, 0) is 19.3 Å². The third-order valence-electron chi connectivity index (χ3n) is 6.83. The van der Waals surface area contributed by atoms with Crippen LogP contribution >= 0.6 is 0 Å². The van der Waals surface area contributed by atoms with E-state index in [4.69, 9.17) is 0 Å². The zero-order chi connectivity index (χ0) is 31.5. The van der Waals surface area contributed by atoms with Gasteiger partial charge in [-0.25, -0.2) is 0 Å². The fourth-order valence-electron chi connectivity index (χ4n) is 4.48. The standard InChI is InChI=1S/C26H47N7O9/c1-3-21(34)29-20(26(42)27-2)6-4-5-7-28-22(35)16-30-8-10-31(17-23(36)37)12-14-33(19-25(40)41)15-13-32(11-9-30)18-24(38)39/h20H,3-19H2,1-2H3,(H,27,42)(H,28,35)(H,29,34)(H,36,37)(H,38,39)(H,40,41)/t20-/m0/s1. The number of nitrogens with one attached hydrogen (secondary N) is 3. The smallest absolute Gasteiger partial charge is 0.317 e. The molecule has 1 rings (SSSR count). The molecule has 3 amide bonds. The van der Waals surface area contributed by atoms with Gasteiger partial charge in [-0.3, -0.25) is 48.4 Å². The molecule has 1 aliphatic rings. The highest BCUT2D eigenvalue weighted by Crippen LogP contribution is 2.03. The van der Waals surface area contributed by atoms with E-state index in [9.17, 15) is 44.1 Å². The van der Waals surface area contributed by atoms with E-state index < -0.39 is 23.9 Å². The second-order valence-corrected chi connectivity index (χ2v) is 10.2. The number of nitrogens with zero attached hydrogens (tertiary/aromatic N) is 4. The van der Waals surface area contributed by atoms with E-state index in [1.807, 2.05) is 4.90 Å². The number of hydrogen-bond acceptors (Lipinski definition) is 10. The Morgan fingerprint density at radius 3 is 1.40 bits per heavy atom. The number of carboxylic acids is 3. The fourth-order valence-corrected chi connectivity index (χ4v) is 4.48. The summed E-state index contributed by atoms with van der Waals surface area (Å²) in [5.41, 5.74) is 0. The predicted octanol–water partition coefficient (Wildman–Crippen LogP) is -2.61. The molecule has 0 aromatic rings. The molecule has 0 radical (unpaired) electrons. The first-order valence-electron chi connectivity index (χ1n) is 14.3. The van der Waals surface area contributed by atoms with Crippen molar-refractivity contribution in [2.24, 2.45) is 0 Å².